The normalized spacial score (nSPS) is 21.7. The lowest BCUT2D eigenvalue weighted by Gasteiger charge is -2.37. The third-order valence-corrected chi connectivity index (χ3v) is 8.27. The largest absolute Gasteiger partial charge is 0.356 e. The molecule has 9 heteroatoms. The molecule has 0 unspecified atom stereocenters. The molecule has 1 saturated carbocycles. The van der Waals surface area contributed by atoms with Crippen LogP contribution < -0.4 is 5.32 Å². The number of pyridine rings is 1. The molecular weight excluding hydrogens is 402 g/mol. The van der Waals surface area contributed by atoms with Crippen molar-refractivity contribution < 1.29 is 13.2 Å². The van der Waals surface area contributed by atoms with Crippen molar-refractivity contribution in [3.8, 4) is 0 Å². The number of hydrogen-bond acceptors (Lipinski definition) is 5. The van der Waals surface area contributed by atoms with Crippen LogP contribution in [0.2, 0.25) is 0 Å². The second-order valence-electron chi connectivity index (χ2n) is 8.38. The summed E-state index contributed by atoms with van der Waals surface area (Å²) in [7, 11) is -3.66. The van der Waals surface area contributed by atoms with E-state index >= 15 is 0 Å². The van der Waals surface area contributed by atoms with Gasteiger partial charge in [-0.05, 0) is 42.9 Å². The monoisotopic (exact) mass is 431 g/mol. The van der Waals surface area contributed by atoms with Crippen molar-refractivity contribution in [3.63, 3.8) is 0 Å². The van der Waals surface area contributed by atoms with Crippen molar-refractivity contribution >= 4 is 15.9 Å². The van der Waals surface area contributed by atoms with Gasteiger partial charge in [0.1, 0.15) is 4.90 Å². The van der Waals surface area contributed by atoms with Crippen LogP contribution in [0.5, 0.6) is 0 Å². The minimum absolute atomic E-state index is 0.0266. The van der Waals surface area contributed by atoms with E-state index in [1.54, 1.807) is 24.5 Å². The molecule has 2 aromatic heterocycles. The first kappa shape index (κ1) is 21.0. The first-order chi connectivity index (χ1) is 14.5. The molecule has 2 aromatic rings. The highest BCUT2D eigenvalue weighted by molar-refractivity contribution is 7.89. The second-order valence-corrected chi connectivity index (χ2v) is 10.3. The Morgan fingerprint density at radius 1 is 1.20 bits per heavy atom. The molecule has 1 aliphatic carbocycles. The third-order valence-electron chi connectivity index (χ3n) is 6.48. The standard InChI is InChI=1S/C21H29N5O3S/c27-20(23-11-5-13-25-14-6-12-24-25)19-16-26(17-21(19)8-2-1-3-9-21)30(28,29)18-7-4-10-22-15-18/h4,6-7,10,12,14-15,19H,1-3,5,8-9,11,13,16-17H2,(H,23,27)/t19-/m1/s1. The van der Waals surface area contributed by atoms with E-state index in [1.807, 2.05) is 16.9 Å². The summed E-state index contributed by atoms with van der Waals surface area (Å²) in [4.78, 5) is 17.3. The molecule has 8 nitrogen and oxygen atoms in total. The second kappa shape index (κ2) is 8.85. The number of aromatic nitrogens is 3. The zero-order chi connectivity index (χ0) is 21.0. The zero-order valence-electron chi connectivity index (χ0n) is 17.1. The van der Waals surface area contributed by atoms with Crippen LogP contribution in [-0.4, -0.2) is 53.0 Å². The predicted octanol–water partition coefficient (Wildman–Crippen LogP) is 2.06. The Labute approximate surface area is 177 Å². The lowest BCUT2D eigenvalue weighted by Crippen LogP contribution is -2.42. The van der Waals surface area contributed by atoms with Crippen LogP contribution >= 0.6 is 0 Å². The van der Waals surface area contributed by atoms with Crippen LogP contribution in [0.4, 0.5) is 0 Å². The fourth-order valence-electron chi connectivity index (χ4n) is 4.89. The number of amides is 1. The van der Waals surface area contributed by atoms with Gasteiger partial charge in [-0.15, -0.1) is 0 Å². The van der Waals surface area contributed by atoms with Gasteiger partial charge in [0, 0.05) is 51.0 Å². The number of hydrogen-bond donors (Lipinski definition) is 1. The highest BCUT2D eigenvalue weighted by Crippen LogP contribution is 2.48. The van der Waals surface area contributed by atoms with E-state index in [0.717, 1.165) is 45.1 Å². The Hall–Kier alpha value is -2.26. The summed E-state index contributed by atoms with van der Waals surface area (Å²) < 4.78 is 29.7. The van der Waals surface area contributed by atoms with Crippen molar-refractivity contribution in [2.75, 3.05) is 19.6 Å². The maximum atomic E-state index is 13.2. The number of aryl methyl sites for hydroxylation is 1. The Balaban J connectivity index is 1.45. The van der Waals surface area contributed by atoms with Gasteiger partial charge in [-0.3, -0.25) is 14.5 Å². The first-order valence-electron chi connectivity index (χ1n) is 10.7. The molecule has 2 fully saturated rings. The number of nitrogens with one attached hydrogen (secondary N) is 1. The summed E-state index contributed by atoms with van der Waals surface area (Å²) in [5.74, 6) is -0.338. The Morgan fingerprint density at radius 2 is 2.03 bits per heavy atom. The molecule has 1 N–H and O–H groups in total. The number of sulfonamides is 1. The SMILES string of the molecule is O=C(NCCCn1cccn1)[C@H]1CN(S(=O)(=O)c2cccnc2)CC12CCCCC2. The highest BCUT2D eigenvalue weighted by atomic mass is 32.2. The third kappa shape index (κ3) is 4.27. The van der Waals surface area contributed by atoms with E-state index in [4.69, 9.17) is 0 Å². The average molecular weight is 432 g/mol. The molecule has 1 amide bonds. The summed E-state index contributed by atoms with van der Waals surface area (Å²) in [6, 6.07) is 5.07. The predicted molar refractivity (Wildman–Crippen MR) is 112 cm³/mol. The molecule has 2 aliphatic rings. The van der Waals surface area contributed by atoms with Gasteiger partial charge in [0.15, 0.2) is 0 Å². The van der Waals surface area contributed by atoms with Gasteiger partial charge >= 0.3 is 0 Å². The molecule has 1 saturated heterocycles. The van der Waals surface area contributed by atoms with Gasteiger partial charge in [-0.25, -0.2) is 8.42 Å². The molecular formula is C21H29N5O3S. The van der Waals surface area contributed by atoms with E-state index in [-0.39, 0.29) is 28.7 Å². The molecule has 0 radical (unpaired) electrons. The Bertz CT molecular complexity index is 940. The van der Waals surface area contributed by atoms with E-state index in [0.29, 0.717) is 13.1 Å². The number of rotatable bonds is 7. The lowest BCUT2D eigenvalue weighted by atomic mass is 9.67. The number of carbonyl (C=O) groups is 1. The minimum atomic E-state index is -3.66. The summed E-state index contributed by atoms with van der Waals surface area (Å²) in [5, 5.41) is 7.23. The molecule has 1 atom stereocenters. The molecule has 1 aliphatic heterocycles. The van der Waals surface area contributed by atoms with Crippen molar-refractivity contribution in [2.24, 2.45) is 11.3 Å². The number of nitrogens with zero attached hydrogens (tertiary/aromatic N) is 4. The number of carbonyl (C=O) groups excluding carboxylic acids is 1. The smallest absolute Gasteiger partial charge is 0.244 e. The molecule has 3 heterocycles. The lowest BCUT2D eigenvalue weighted by molar-refractivity contribution is -0.128. The molecule has 30 heavy (non-hydrogen) atoms. The van der Waals surface area contributed by atoms with Gasteiger partial charge in [0.25, 0.3) is 0 Å². The van der Waals surface area contributed by atoms with Crippen LogP contribution in [0.15, 0.2) is 47.9 Å². The van der Waals surface area contributed by atoms with Gasteiger partial charge < -0.3 is 5.32 Å². The van der Waals surface area contributed by atoms with Crippen molar-refractivity contribution in [2.45, 2.75) is 50.0 Å². The summed E-state index contributed by atoms with van der Waals surface area (Å²) >= 11 is 0. The average Bonchev–Trinajstić information content (AvgIpc) is 3.41. The Morgan fingerprint density at radius 3 is 2.73 bits per heavy atom. The molecule has 1 spiro atoms. The van der Waals surface area contributed by atoms with E-state index in [1.165, 1.54) is 10.5 Å². The first-order valence-corrected chi connectivity index (χ1v) is 12.1. The summed E-state index contributed by atoms with van der Waals surface area (Å²) in [5.41, 5.74) is -0.264. The van der Waals surface area contributed by atoms with Crippen molar-refractivity contribution in [1.29, 1.82) is 0 Å². The van der Waals surface area contributed by atoms with Crippen LogP contribution in [0, 0.1) is 11.3 Å². The van der Waals surface area contributed by atoms with Crippen LogP contribution in [-0.2, 0) is 21.4 Å². The highest BCUT2D eigenvalue weighted by Gasteiger charge is 2.53. The van der Waals surface area contributed by atoms with Crippen LogP contribution in [0.1, 0.15) is 38.5 Å². The van der Waals surface area contributed by atoms with E-state index in [9.17, 15) is 13.2 Å². The summed E-state index contributed by atoms with van der Waals surface area (Å²) in [6.45, 7) is 1.95. The minimum Gasteiger partial charge on any atom is -0.356 e. The van der Waals surface area contributed by atoms with Gasteiger partial charge in [0.2, 0.25) is 15.9 Å². The maximum absolute atomic E-state index is 13.2. The maximum Gasteiger partial charge on any atom is 0.244 e. The molecule has 0 bridgehead atoms. The summed E-state index contributed by atoms with van der Waals surface area (Å²) in [6.07, 6.45) is 12.4. The van der Waals surface area contributed by atoms with Gasteiger partial charge in [-0.1, -0.05) is 19.3 Å². The zero-order valence-corrected chi connectivity index (χ0v) is 17.9. The molecule has 4 rings (SSSR count). The quantitative estimate of drug-likeness (QED) is 0.677. The fourth-order valence-corrected chi connectivity index (χ4v) is 6.40. The van der Waals surface area contributed by atoms with Gasteiger partial charge in [0.05, 0.1) is 5.92 Å². The fraction of sp³-hybridized carbons (Fsp3) is 0.571. The van der Waals surface area contributed by atoms with Gasteiger partial charge in [-0.2, -0.15) is 9.40 Å². The van der Waals surface area contributed by atoms with Crippen molar-refractivity contribution in [1.82, 2.24) is 24.4 Å². The molecule has 0 aromatic carbocycles. The van der Waals surface area contributed by atoms with Crippen LogP contribution in [0.3, 0.4) is 0 Å². The topological polar surface area (TPSA) is 97.2 Å². The van der Waals surface area contributed by atoms with Crippen LogP contribution in [0.25, 0.3) is 0 Å². The van der Waals surface area contributed by atoms with Crippen molar-refractivity contribution in [3.05, 3.63) is 43.0 Å². The molecule has 162 valence electrons. The Kier molecular flexibility index (Phi) is 6.19. The van der Waals surface area contributed by atoms with E-state index < -0.39 is 10.0 Å². The van der Waals surface area contributed by atoms with E-state index in [2.05, 4.69) is 15.4 Å².